The lowest BCUT2D eigenvalue weighted by atomic mass is 9.82. The summed E-state index contributed by atoms with van der Waals surface area (Å²) in [5, 5.41) is 13.6. The first kappa shape index (κ1) is 15.0. The highest BCUT2D eigenvalue weighted by Gasteiger charge is 2.37. The highest BCUT2D eigenvalue weighted by Crippen LogP contribution is 2.28. The van der Waals surface area contributed by atoms with Crippen molar-refractivity contribution in [2.75, 3.05) is 11.9 Å². The monoisotopic (exact) mass is 314 g/mol. The third-order valence-corrected chi connectivity index (χ3v) is 3.99. The summed E-state index contributed by atoms with van der Waals surface area (Å²) in [5.41, 5.74) is 6.03. The smallest absolute Gasteiger partial charge is 0.367 e. The van der Waals surface area contributed by atoms with Crippen LogP contribution in [0.15, 0.2) is 12.1 Å². The van der Waals surface area contributed by atoms with Gasteiger partial charge in [-0.1, -0.05) is 19.3 Å². The van der Waals surface area contributed by atoms with E-state index in [4.69, 9.17) is 5.73 Å². The van der Waals surface area contributed by atoms with E-state index in [1.165, 1.54) is 12.5 Å². The van der Waals surface area contributed by atoms with Crippen LogP contribution in [-0.4, -0.2) is 31.9 Å². The molecule has 9 heteroatoms. The molecule has 2 aromatic rings. The summed E-state index contributed by atoms with van der Waals surface area (Å²) in [6.45, 7) is 0.481. The molecule has 0 atom stereocenters. The number of nitrogens with zero attached hydrogens (tertiary/aromatic N) is 4. The van der Waals surface area contributed by atoms with Crippen molar-refractivity contribution >= 4 is 11.5 Å². The first-order valence-electron chi connectivity index (χ1n) is 7.20. The predicted octanol–water partition coefficient (Wildman–Crippen LogP) is 2.22. The fourth-order valence-electron chi connectivity index (χ4n) is 2.76. The van der Waals surface area contributed by atoms with Gasteiger partial charge in [-0.15, -0.1) is 15.3 Å². The Labute approximate surface area is 124 Å². The lowest BCUT2D eigenvalue weighted by molar-refractivity contribution is -0.146. The standard InChI is InChI=1S/C13H17F3N6/c14-13(15,16)11-20-19-10-5-4-9(21-22(10)11)18-8-12(17)6-2-1-3-7-12/h4-5H,1-3,6-8,17H2,(H,18,21). The van der Waals surface area contributed by atoms with Crippen molar-refractivity contribution in [1.29, 1.82) is 0 Å². The van der Waals surface area contributed by atoms with Crippen LogP contribution in [0.1, 0.15) is 37.9 Å². The molecule has 3 N–H and O–H groups in total. The van der Waals surface area contributed by atoms with Gasteiger partial charge in [-0.05, 0) is 25.0 Å². The largest absolute Gasteiger partial charge is 0.453 e. The maximum absolute atomic E-state index is 12.8. The molecule has 1 saturated carbocycles. The highest BCUT2D eigenvalue weighted by atomic mass is 19.4. The molecular formula is C13H17F3N6. The quantitative estimate of drug-likeness (QED) is 0.908. The molecule has 0 amide bonds. The molecule has 0 bridgehead atoms. The van der Waals surface area contributed by atoms with Crippen molar-refractivity contribution in [2.45, 2.75) is 43.8 Å². The average molecular weight is 314 g/mol. The Morgan fingerprint density at radius 1 is 1.18 bits per heavy atom. The number of anilines is 1. The van der Waals surface area contributed by atoms with E-state index < -0.39 is 12.0 Å². The Balaban J connectivity index is 1.79. The number of nitrogens with two attached hydrogens (primary N) is 1. The van der Waals surface area contributed by atoms with Crippen LogP contribution in [0.25, 0.3) is 5.65 Å². The van der Waals surface area contributed by atoms with Gasteiger partial charge in [-0.3, -0.25) is 0 Å². The number of nitrogens with one attached hydrogen (secondary N) is 1. The molecule has 2 aromatic heterocycles. The summed E-state index contributed by atoms with van der Waals surface area (Å²) < 4.78 is 39.2. The number of fused-ring (bicyclic) bond motifs is 1. The van der Waals surface area contributed by atoms with E-state index in [1.807, 2.05) is 0 Å². The second kappa shape index (κ2) is 5.38. The molecule has 120 valence electrons. The van der Waals surface area contributed by atoms with Gasteiger partial charge >= 0.3 is 6.18 Å². The lowest BCUT2D eigenvalue weighted by Crippen LogP contribution is -2.47. The van der Waals surface area contributed by atoms with E-state index in [9.17, 15) is 13.2 Å². The second-order valence-electron chi connectivity index (χ2n) is 5.79. The van der Waals surface area contributed by atoms with E-state index in [0.717, 1.165) is 25.7 Å². The topological polar surface area (TPSA) is 81.1 Å². The van der Waals surface area contributed by atoms with Gasteiger partial charge in [0.05, 0.1) is 0 Å². The number of rotatable bonds is 3. The molecule has 1 aliphatic rings. The maximum atomic E-state index is 12.8. The Morgan fingerprint density at radius 2 is 1.91 bits per heavy atom. The van der Waals surface area contributed by atoms with Crippen molar-refractivity contribution in [3.05, 3.63) is 18.0 Å². The maximum Gasteiger partial charge on any atom is 0.453 e. The summed E-state index contributed by atoms with van der Waals surface area (Å²) in [4.78, 5) is 0. The molecule has 0 radical (unpaired) electrons. The van der Waals surface area contributed by atoms with Crippen LogP contribution in [0.4, 0.5) is 19.0 Å². The zero-order valence-corrected chi connectivity index (χ0v) is 11.9. The number of hydrogen-bond acceptors (Lipinski definition) is 5. The van der Waals surface area contributed by atoms with E-state index >= 15 is 0 Å². The van der Waals surface area contributed by atoms with Gasteiger partial charge < -0.3 is 11.1 Å². The van der Waals surface area contributed by atoms with Crippen LogP contribution in [0.5, 0.6) is 0 Å². The van der Waals surface area contributed by atoms with Gasteiger partial charge in [0.1, 0.15) is 5.82 Å². The summed E-state index contributed by atoms with van der Waals surface area (Å²) >= 11 is 0. The molecule has 0 unspecified atom stereocenters. The van der Waals surface area contributed by atoms with Gasteiger partial charge in [0, 0.05) is 12.1 Å². The number of alkyl halides is 3. The first-order chi connectivity index (χ1) is 10.4. The van der Waals surface area contributed by atoms with Crippen molar-refractivity contribution in [3.8, 4) is 0 Å². The fourth-order valence-corrected chi connectivity index (χ4v) is 2.76. The van der Waals surface area contributed by atoms with Crippen LogP contribution in [0.3, 0.4) is 0 Å². The van der Waals surface area contributed by atoms with Crippen LogP contribution >= 0.6 is 0 Å². The zero-order chi connectivity index (χ0) is 15.8. The van der Waals surface area contributed by atoms with Gasteiger partial charge in [-0.2, -0.15) is 17.7 Å². The molecule has 2 heterocycles. The fraction of sp³-hybridized carbons (Fsp3) is 0.615. The normalized spacial score (nSPS) is 18.5. The molecule has 0 saturated heterocycles. The Morgan fingerprint density at radius 3 is 2.59 bits per heavy atom. The van der Waals surface area contributed by atoms with Gasteiger partial charge in [0.2, 0.25) is 0 Å². The molecular weight excluding hydrogens is 297 g/mol. The minimum Gasteiger partial charge on any atom is -0.367 e. The lowest BCUT2D eigenvalue weighted by Gasteiger charge is -2.33. The third kappa shape index (κ3) is 2.99. The average Bonchev–Trinajstić information content (AvgIpc) is 2.89. The highest BCUT2D eigenvalue weighted by molar-refractivity contribution is 5.44. The SMILES string of the molecule is NC1(CNc2ccc3nnc(C(F)(F)F)n3n2)CCCCC1. The van der Waals surface area contributed by atoms with Crippen molar-refractivity contribution in [1.82, 2.24) is 19.8 Å². The number of hydrogen-bond donors (Lipinski definition) is 2. The third-order valence-electron chi connectivity index (χ3n) is 3.99. The second-order valence-corrected chi connectivity index (χ2v) is 5.79. The summed E-state index contributed by atoms with van der Waals surface area (Å²) in [5.74, 6) is -0.806. The molecule has 0 aliphatic heterocycles. The van der Waals surface area contributed by atoms with Crippen LogP contribution < -0.4 is 11.1 Å². The Hall–Kier alpha value is -1.90. The van der Waals surface area contributed by atoms with Crippen molar-refractivity contribution in [2.24, 2.45) is 5.73 Å². The Bertz CT molecular complexity index is 659. The summed E-state index contributed by atoms with van der Waals surface area (Å²) in [6, 6.07) is 3.03. The molecule has 0 aromatic carbocycles. The minimum absolute atomic E-state index is 0.0537. The zero-order valence-electron chi connectivity index (χ0n) is 11.9. The van der Waals surface area contributed by atoms with E-state index in [-0.39, 0.29) is 11.2 Å². The van der Waals surface area contributed by atoms with E-state index in [0.29, 0.717) is 16.9 Å². The van der Waals surface area contributed by atoms with Gasteiger partial charge in [0.25, 0.3) is 5.82 Å². The Kier molecular flexibility index (Phi) is 3.67. The van der Waals surface area contributed by atoms with E-state index in [1.54, 1.807) is 6.07 Å². The summed E-state index contributed by atoms with van der Waals surface area (Å²) in [6.07, 6.45) is 0.552. The number of halogens is 3. The van der Waals surface area contributed by atoms with Gasteiger partial charge in [-0.25, -0.2) is 0 Å². The van der Waals surface area contributed by atoms with Crippen molar-refractivity contribution in [3.63, 3.8) is 0 Å². The van der Waals surface area contributed by atoms with Crippen LogP contribution in [0, 0.1) is 0 Å². The van der Waals surface area contributed by atoms with Gasteiger partial charge in [0.15, 0.2) is 5.65 Å². The number of aromatic nitrogens is 4. The molecule has 1 fully saturated rings. The van der Waals surface area contributed by atoms with Crippen LogP contribution in [-0.2, 0) is 6.18 Å². The molecule has 6 nitrogen and oxygen atoms in total. The van der Waals surface area contributed by atoms with Crippen LogP contribution in [0.2, 0.25) is 0 Å². The molecule has 0 spiro atoms. The predicted molar refractivity (Wildman–Crippen MR) is 74.3 cm³/mol. The van der Waals surface area contributed by atoms with Crippen molar-refractivity contribution < 1.29 is 13.2 Å². The molecule has 3 rings (SSSR count). The molecule has 1 aliphatic carbocycles. The van der Waals surface area contributed by atoms with E-state index in [2.05, 4.69) is 20.6 Å². The summed E-state index contributed by atoms with van der Waals surface area (Å²) in [7, 11) is 0. The molecule has 22 heavy (non-hydrogen) atoms. The first-order valence-corrected chi connectivity index (χ1v) is 7.20. The minimum atomic E-state index is -4.59.